The average Bonchev–Trinajstić information content (AvgIpc) is 2.23. The number of nitrogens with one attached hydrogen (secondary N) is 1. The molecule has 0 saturated heterocycles. The molecule has 2 heteroatoms. The summed E-state index contributed by atoms with van der Waals surface area (Å²) in [6, 6.07) is 0. The van der Waals surface area contributed by atoms with Gasteiger partial charge in [-0.15, -0.1) is 6.58 Å². The van der Waals surface area contributed by atoms with Gasteiger partial charge in [-0.3, -0.25) is 4.79 Å². The second kappa shape index (κ2) is 4.83. The van der Waals surface area contributed by atoms with Crippen molar-refractivity contribution in [3.8, 4) is 0 Å². The number of carbonyl (C=O) groups is 1. The van der Waals surface area contributed by atoms with Crippen molar-refractivity contribution in [1.29, 1.82) is 0 Å². The summed E-state index contributed by atoms with van der Waals surface area (Å²) < 4.78 is 0. The molecule has 2 unspecified atom stereocenters. The highest BCUT2D eigenvalue weighted by molar-refractivity contribution is 5.83. The number of carbonyl (C=O) groups excluding carboxylic acids is 1. The van der Waals surface area contributed by atoms with Crippen LogP contribution in [0.5, 0.6) is 0 Å². The molecule has 2 saturated carbocycles. The highest BCUT2D eigenvalue weighted by atomic mass is 16.2. The summed E-state index contributed by atoms with van der Waals surface area (Å²) in [5.74, 6) is 2.46. The highest BCUT2D eigenvalue weighted by Crippen LogP contribution is 2.52. The largest absolute Gasteiger partial charge is 0.352 e. The molecule has 1 N–H and O–H groups in total. The molecule has 2 aliphatic rings. The molecule has 0 spiro atoms. The van der Waals surface area contributed by atoms with Gasteiger partial charge < -0.3 is 5.32 Å². The van der Waals surface area contributed by atoms with Gasteiger partial charge >= 0.3 is 0 Å². The van der Waals surface area contributed by atoms with Gasteiger partial charge in [0.05, 0.1) is 0 Å². The Hall–Kier alpha value is -0.790. The van der Waals surface area contributed by atoms with Gasteiger partial charge in [0.1, 0.15) is 0 Å². The molecule has 2 bridgehead atoms. The van der Waals surface area contributed by atoms with Gasteiger partial charge in [-0.05, 0) is 49.9 Å². The Bertz CT molecular complexity index is 291. The smallest absolute Gasteiger partial charge is 0.226 e. The van der Waals surface area contributed by atoms with Gasteiger partial charge in [0, 0.05) is 12.0 Å². The maximum Gasteiger partial charge on any atom is 0.226 e. The molecule has 0 aromatic heterocycles. The van der Waals surface area contributed by atoms with Crippen molar-refractivity contribution in [2.24, 2.45) is 23.2 Å². The molecule has 0 aromatic rings. The zero-order valence-electron chi connectivity index (χ0n) is 11.2. The molecule has 2 atom stereocenters. The summed E-state index contributed by atoms with van der Waals surface area (Å²) in [4.78, 5) is 12.4. The predicted octanol–water partition coefficient (Wildman–Crippen LogP) is 3.14. The molecule has 1 amide bonds. The lowest BCUT2D eigenvalue weighted by atomic mass is 9.56. The van der Waals surface area contributed by atoms with E-state index in [0.29, 0.717) is 18.4 Å². The third-order valence-electron chi connectivity index (χ3n) is 4.52. The second-order valence-electron chi connectivity index (χ2n) is 6.44. The third kappa shape index (κ3) is 2.56. The lowest BCUT2D eigenvalue weighted by Crippen LogP contribution is -2.49. The van der Waals surface area contributed by atoms with E-state index in [1.54, 1.807) is 6.08 Å². The second-order valence-corrected chi connectivity index (χ2v) is 6.44. The Morgan fingerprint density at radius 3 is 2.41 bits per heavy atom. The van der Waals surface area contributed by atoms with Crippen LogP contribution in [0.3, 0.4) is 0 Å². The molecule has 0 radical (unpaired) electrons. The van der Waals surface area contributed by atoms with Crippen LogP contribution in [0.2, 0.25) is 0 Å². The summed E-state index contributed by atoms with van der Waals surface area (Å²) in [7, 11) is 0. The van der Waals surface area contributed by atoms with Crippen LogP contribution in [-0.2, 0) is 4.79 Å². The maximum atomic E-state index is 12.4. The van der Waals surface area contributed by atoms with Gasteiger partial charge in [-0.25, -0.2) is 0 Å². The molecule has 17 heavy (non-hydrogen) atoms. The molecule has 0 heterocycles. The Morgan fingerprint density at radius 2 is 1.88 bits per heavy atom. The van der Waals surface area contributed by atoms with E-state index >= 15 is 0 Å². The maximum absolute atomic E-state index is 12.4. The standard InChI is InChI=1S/C15H25NO/c1-4-5-16-14(17)15-8-11(2)6-13(10-15)7-12(3)9-15/h4,11-13H,1,5-10H2,2-3H3,(H,16,17). The van der Waals surface area contributed by atoms with Crippen LogP contribution in [0.15, 0.2) is 12.7 Å². The molecule has 0 aliphatic heterocycles. The van der Waals surface area contributed by atoms with Gasteiger partial charge in [-0.2, -0.15) is 0 Å². The topological polar surface area (TPSA) is 29.1 Å². The van der Waals surface area contributed by atoms with Crippen molar-refractivity contribution < 1.29 is 4.79 Å². The van der Waals surface area contributed by atoms with E-state index in [2.05, 4.69) is 25.7 Å². The number of rotatable bonds is 3. The molecule has 2 rings (SSSR count). The normalized spacial score (nSPS) is 40.7. The van der Waals surface area contributed by atoms with E-state index in [1.165, 1.54) is 12.8 Å². The minimum atomic E-state index is -0.0665. The fraction of sp³-hybridized carbons (Fsp3) is 0.800. The van der Waals surface area contributed by atoms with E-state index in [9.17, 15) is 4.79 Å². The van der Waals surface area contributed by atoms with Crippen molar-refractivity contribution in [2.45, 2.75) is 46.0 Å². The molecule has 2 aliphatic carbocycles. The van der Waals surface area contributed by atoms with Gasteiger partial charge in [-0.1, -0.05) is 19.9 Å². The van der Waals surface area contributed by atoms with Gasteiger partial charge in [0.2, 0.25) is 5.91 Å². The summed E-state index contributed by atoms with van der Waals surface area (Å²) in [5, 5.41) is 3.03. The Labute approximate surface area is 105 Å². The van der Waals surface area contributed by atoms with Crippen molar-refractivity contribution in [2.75, 3.05) is 6.54 Å². The monoisotopic (exact) mass is 235 g/mol. The number of hydrogen-bond acceptors (Lipinski definition) is 1. The van der Waals surface area contributed by atoms with Crippen LogP contribution in [0.25, 0.3) is 0 Å². The van der Waals surface area contributed by atoms with Crippen LogP contribution in [0.4, 0.5) is 0 Å². The zero-order chi connectivity index (χ0) is 12.5. The number of amides is 1. The van der Waals surface area contributed by atoms with Crippen LogP contribution in [0.1, 0.15) is 46.0 Å². The minimum absolute atomic E-state index is 0.0665. The van der Waals surface area contributed by atoms with Crippen LogP contribution < -0.4 is 5.32 Å². The van der Waals surface area contributed by atoms with Gasteiger partial charge in [0.15, 0.2) is 0 Å². The fourth-order valence-corrected chi connectivity index (χ4v) is 4.33. The summed E-state index contributed by atoms with van der Waals surface area (Å²) in [6.45, 7) is 8.88. The first-order valence-corrected chi connectivity index (χ1v) is 6.95. The minimum Gasteiger partial charge on any atom is -0.352 e. The number of hydrogen-bond donors (Lipinski definition) is 1. The van der Waals surface area contributed by atoms with Crippen molar-refractivity contribution in [3.05, 3.63) is 12.7 Å². The lowest BCUT2D eigenvalue weighted by Gasteiger charge is -2.48. The molecule has 0 aromatic carbocycles. The van der Waals surface area contributed by atoms with E-state index in [0.717, 1.165) is 25.2 Å². The first-order chi connectivity index (χ1) is 8.05. The lowest BCUT2D eigenvalue weighted by molar-refractivity contribution is -0.139. The Balaban J connectivity index is 2.13. The molecule has 96 valence electrons. The van der Waals surface area contributed by atoms with Gasteiger partial charge in [0.25, 0.3) is 0 Å². The number of fused-ring (bicyclic) bond motifs is 2. The summed E-state index contributed by atoms with van der Waals surface area (Å²) in [5.41, 5.74) is -0.0665. The highest BCUT2D eigenvalue weighted by Gasteiger charge is 2.48. The fourth-order valence-electron chi connectivity index (χ4n) is 4.33. The van der Waals surface area contributed by atoms with Crippen LogP contribution in [0, 0.1) is 23.2 Å². The Morgan fingerprint density at radius 1 is 1.29 bits per heavy atom. The molecule has 2 nitrogen and oxygen atoms in total. The van der Waals surface area contributed by atoms with Crippen LogP contribution >= 0.6 is 0 Å². The van der Waals surface area contributed by atoms with E-state index in [1.807, 2.05) is 0 Å². The zero-order valence-corrected chi connectivity index (χ0v) is 11.2. The van der Waals surface area contributed by atoms with E-state index in [-0.39, 0.29) is 11.3 Å². The van der Waals surface area contributed by atoms with Crippen molar-refractivity contribution >= 4 is 5.91 Å². The van der Waals surface area contributed by atoms with E-state index < -0.39 is 0 Å². The summed E-state index contributed by atoms with van der Waals surface area (Å²) >= 11 is 0. The first kappa shape index (κ1) is 12.7. The Kier molecular flexibility index (Phi) is 3.60. The SMILES string of the molecule is C=CCNC(=O)C12CC(C)CC(CC(C)C1)C2. The van der Waals surface area contributed by atoms with E-state index in [4.69, 9.17) is 0 Å². The predicted molar refractivity (Wildman–Crippen MR) is 70.5 cm³/mol. The summed E-state index contributed by atoms with van der Waals surface area (Å²) in [6.07, 6.45) is 7.68. The first-order valence-electron chi connectivity index (χ1n) is 6.95. The van der Waals surface area contributed by atoms with Crippen molar-refractivity contribution in [3.63, 3.8) is 0 Å². The molecular formula is C15H25NO. The quantitative estimate of drug-likeness (QED) is 0.748. The third-order valence-corrected chi connectivity index (χ3v) is 4.52. The van der Waals surface area contributed by atoms with Crippen molar-refractivity contribution in [1.82, 2.24) is 5.32 Å². The molecular weight excluding hydrogens is 210 g/mol. The molecule has 2 fully saturated rings. The average molecular weight is 235 g/mol. The van der Waals surface area contributed by atoms with Crippen LogP contribution in [-0.4, -0.2) is 12.5 Å².